The summed E-state index contributed by atoms with van der Waals surface area (Å²) in [6, 6.07) is 0. The summed E-state index contributed by atoms with van der Waals surface area (Å²) in [4.78, 5) is 28.1. The number of carbonyl (C=O) groups excluding carboxylic acids is 2. The van der Waals surface area contributed by atoms with Crippen LogP contribution in [0.25, 0.3) is 0 Å². The number of hydrogen-bond donors (Lipinski definition) is 10. The summed E-state index contributed by atoms with van der Waals surface area (Å²) in [6.07, 6.45) is -14.2. The molecule has 0 radical (unpaired) electrons. The minimum absolute atomic E-state index is 0.0671. The molecule has 5 aliphatic carbocycles. The summed E-state index contributed by atoms with van der Waals surface area (Å²) in [5.41, 5.74) is -0.962. The molecule has 10 N–H and O–H groups in total. The van der Waals surface area contributed by atoms with Gasteiger partial charge in [-0.15, -0.1) is 0 Å². The van der Waals surface area contributed by atoms with Crippen molar-refractivity contribution in [3.63, 3.8) is 0 Å². The Morgan fingerprint density at radius 1 is 0.662 bits per heavy atom. The highest BCUT2D eigenvalue weighted by atomic mass is 16.8. The van der Waals surface area contributed by atoms with Gasteiger partial charge in [-0.2, -0.15) is 0 Å². The average molecular weight is 1010 g/mol. The lowest BCUT2D eigenvalue weighted by Crippen LogP contribution is -2.67. The first-order valence-electron chi connectivity index (χ1n) is 26.3. The molecule has 0 aromatic rings. The number of hydrogen-bond acceptors (Lipinski definition) is 19. The zero-order valence-corrected chi connectivity index (χ0v) is 42.8. The second-order valence-electron chi connectivity index (χ2n) is 24.7. The number of fused-ring (bicyclic) bond motifs is 7. The molecule has 0 amide bonds. The van der Waals surface area contributed by atoms with Crippen molar-refractivity contribution in [2.75, 3.05) is 19.8 Å². The Balaban J connectivity index is 1.05. The van der Waals surface area contributed by atoms with Gasteiger partial charge in [-0.3, -0.25) is 4.79 Å². The van der Waals surface area contributed by atoms with Gasteiger partial charge in [0, 0.05) is 0 Å². The van der Waals surface area contributed by atoms with Crippen LogP contribution in [0.4, 0.5) is 0 Å². The zero-order chi connectivity index (χ0) is 52.0. The summed E-state index contributed by atoms with van der Waals surface area (Å²) < 4.78 is 41.9. The molecule has 19 heteroatoms. The van der Waals surface area contributed by atoms with Gasteiger partial charge in [0.2, 0.25) is 6.29 Å². The predicted octanol–water partition coefficient (Wildman–Crippen LogP) is 1.49. The van der Waals surface area contributed by atoms with E-state index in [1.54, 1.807) is 0 Å². The zero-order valence-electron chi connectivity index (χ0n) is 42.8. The van der Waals surface area contributed by atoms with Crippen molar-refractivity contribution in [3.8, 4) is 0 Å². The largest absolute Gasteiger partial charge is 0.464 e. The topological polar surface area (TPSA) is 301 Å². The molecular formula is C52H84O19. The predicted molar refractivity (Wildman–Crippen MR) is 249 cm³/mol. The molecule has 3 heterocycles. The van der Waals surface area contributed by atoms with E-state index in [2.05, 4.69) is 54.5 Å². The Hall–Kier alpha value is -1.92. The van der Waals surface area contributed by atoms with Crippen molar-refractivity contribution in [1.82, 2.24) is 0 Å². The molecule has 19 nitrogen and oxygen atoms in total. The number of esters is 2. The normalized spacial score (nSPS) is 50.3. The minimum atomic E-state index is -1.85. The Labute approximate surface area is 417 Å². The van der Waals surface area contributed by atoms with Gasteiger partial charge in [-0.1, -0.05) is 73.5 Å². The lowest BCUT2D eigenvalue weighted by atomic mass is 9.33. The van der Waals surface area contributed by atoms with Crippen LogP contribution >= 0.6 is 0 Å². The summed E-state index contributed by atoms with van der Waals surface area (Å²) in [5.74, 6) is -1.24. The van der Waals surface area contributed by atoms with Crippen molar-refractivity contribution in [1.29, 1.82) is 0 Å². The molecule has 23 atom stereocenters. The van der Waals surface area contributed by atoms with Crippen molar-refractivity contribution in [3.05, 3.63) is 11.6 Å². The number of ether oxygens (including phenoxy) is 7. The maximum Gasteiger partial charge on any atom is 0.338 e. The van der Waals surface area contributed by atoms with Gasteiger partial charge in [0.25, 0.3) is 0 Å². The molecule has 71 heavy (non-hydrogen) atoms. The SMILES string of the molecule is CCCCOC(=O)C1OC(OC2CCC3(C)C(CCC4(C)C3CC=C3C5CC(C)(C)CCC5(C(=O)OC5OC(CO)C(O)C(O)C5O)CCC34C)C2(C)C)C(OC2OC(CO)C(O)C(O)C2O)C(O)C1O. The maximum atomic E-state index is 14.7. The first-order chi connectivity index (χ1) is 33.3. The molecule has 8 aliphatic rings. The number of aliphatic hydroxyl groups is 10. The lowest BCUT2D eigenvalue weighted by Gasteiger charge is -2.71. The average Bonchev–Trinajstić information content (AvgIpc) is 3.32. The second kappa shape index (κ2) is 20.2. The fourth-order valence-electron chi connectivity index (χ4n) is 15.4. The number of rotatable bonds is 12. The van der Waals surface area contributed by atoms with E-state index in [4.69, 9.17) is 33.2 Å². The smallest absolute Gasteiger partial charge is 0.338 e. The summed E-state index contributed by atoms with van der Waals surface area (Å²) in [6.45, 7) is 16.6. The van der Waals surface area contributed by atoms with E-state index in [9.17, 15) is 60.7 Å². The second-order valence-corrected chi connectivity index (χ2v) is 24.7. The van der Waals surface area contributed by atoms with Gasteiger partial charge < -0.3 is 84.2 Å². The molecule has 3 saturated heterocycles. The molecule has 23 unspecified atom stereocenters. The van der Waals surface area contributed by atoms with Crippen LogP contribution in [-0.2, 0) is 42.7 Å². The molecule has 0 bridgehead atoms. The molecule has 7 fully saturated rings. The van der Waals surface area contributed by atoms with E-state index in [0.29, 0.717) is 32.1 Å². The van der Waals surface area contributed by atoms with E-state index in [-0.39, 0.29) is 46.0 Å². The van der Waals surface area contributed by atoms with Crippen LogP contribution in [-0.4, -0.2) is 181 Å². The van der Waals surface area contributed by atoms with Gasteiger partial charge in [-0.25, -0.2) is 4.79 Å². The molecule has 4 saturated carbocycles. The van der Waals surface area contributed by atoms with Crippen LogP contribution in [0.2, 0.25) is 0 Å². The highest BCUT2D eigenvalue weighted by Crippen LogP contribution is 2.76. The first kappa shape index (κ1) is 55.3. The highest BCUT2D eigenvalue weighted by molar-refractivity contribution is 5.79. The van der Waals surface area contributed by atoms with E-state index in [1.807, 2.05) is 6.92 Å². The van der Waals surface area contributed by atoms with Gasteiger partial charge in [0.15, 0.2) is 18.7 Å². The number of aliphatic hydroxyl groups excluding tert-OH is 10. The molecule has 3 aliphatic heterocycles. The fourth-order valence-corrected chi connectivity index (χ4v) is 15.4. The van der Waals surface area contributed by atoms with Crippen LogP contribution in [0.1, 0.15) is 132 Å². The van der Waals surface area contributed by atoms with Gasteiger partial charge in [0.05, 0.1) is 31.3 Å². The summed E-state index contributed by atoms with van der Waals surface area (Å²) >= 11 is 0. The van der Waals surface area contributed by atoms with Crippen LogP contribution in [0.15, 0.2) is 11.6 Å². The summed E-state index contributed by atoms with van der Waals surface area (Å²) in [7, 11) is 0. The van der Waals surface area contributed by atoms with Gasteiger partial charge in [0.1, 0.15) is 67.1 Å². The third kappa shape index (κ3) is 9.17. The Morgan fingerprint density at radius 2 is 1.28 bits per heavy atom. The van der Waals surface area contributed by atoms with Gasteiger partial charge in [-0.05, 0) is 115 Å². The third-order valence-corrected chi connectivity index (χ3v) is 20.0. The van der Waals surface area contributed by atoms with E-state index in [1.165, 1.54) is 5.57 Å². The highest BCUT2D eigenvalue weighted by Gasteiger charge is 2.70. The number of unbranched alkanes of at least 4 members (excludes halogenated alkanes) is 1. The summed E-state index contributed by atoms with van der Waals surface area (Å²) in [5, 5.41) is 107. The molecule has 0 aromatic carbocycles. The number of allylic oxidation sites excluding steroid dienone is 2. The van der Waals surface area contributed by atoms with Crippen LogP contribution in [0, 0.1) is 50.2 Å². The van der Waals surface area contributed by atoms with Crippen molar-refractivity contribution >= 4 is 11.9 Å². The molecular weight excluding hydrogens is 929 g/mol. The Bertz CT molecular complexity index is 1940. The van der Waals surface area contributed by atoms with E-state index >= 15 is 0 Å². The minimum Gasteiger partial charge on any atom is -0.464 e. The van der Waals surface area contributed by atoms with Gasteiger partial charge >= 0.3 is 11.9 Å². The van der Waals surface area contributed by atoms with Crippen molar-refractivity contribution in [2.24, 2.45) is 50.2 Å². The molecule has 0 spiro atoms. The molecule has 8 rings (SSSR count). The van der Waals surface area contributed by atoms with E-state index < -0.39 is 134 Å². The maximum absolute atomic E-state index is 14.7. The standard InChI is InChI=1S/C52H84O19/c1-9-10-21-65-42(63)40-36(59)37(60)41(70-43-38(61)34(57)32(55)27(23-53)66-43)45(69-40)68-31-14-15-49(6)29(48(31,4)5)13-16-51(8)30(49)12-11-25-26-22-47(2,3)17-19-52(26,20-18-50(25,51)7)46(64)71-44-39(62)35(58)33(56)28(24-54)67-44/h11,26-41,43-45,53-62H,9-10,12-24H2,1-8H3. The van der Waals surface area contributed by atoms with Crippen LogP contribution in [0.5, 0.6) is 0 Å². The lowest BCUT2D eigenvalue weighted by molar-refractivity contribution is -0.374. The quantitative estimate of drug-likeness (QED) is 0.0573. The van der Waals surface area contributed by atoms with Crippen molar-refractivity contribution in [2.45, 2.75) is 231 Å². The Morgan fingerprint density at radius 3 is 1.92 bits per heavy atom. The van der Waals surface area contributed by atoms with Crippen LogP contribution < -0.4 is 0 Å². The molecule has 0 aromatic heterocycles. The van der Waals surface area contributed by atoms with Crippen molar-refractivity contribution < 1.29 is 93.8 Å². The van der Waals surface area contributed by atoms with E-state index in [0.717, 1.165) is 44.9 Å². The Kier molecular flexibility index (Phi) is 15.8. The first-order valence-corrected chi connectivity index (χ1v) is 26.3. The third-order valence-electron chi connectivity index (χ3n) is 20.0. The monoisotopic (exact) mass is 1010 g/mol. The molecule has 406 valence electrons. The fraction of sp³-hybridized carbons (Fsp3) is 0.923. The van der Waals surface area contributed by atoms with Crippen LogP contribution in [0.3, 0.4) is 0 Å². The number of carbonyl (C=O) groups is 2.